The molecule has 7 heteroatoms. The summed E-state index contributed by atoms with van der Waals surface area (Å²) in [6.07, 6.45) is 4.01. The number of anilines is 1. The number of ether oxygens (including phenoxy) is 2. The van der Waals surface area contributed by atoms with Gasteiger partial charge in [0.25, 0.3) is 5.91 Å². The number of nitrogens with one attached hydrogen (secondary N) is 2. The van der Waals surface area contributed by atoms with Gasteiger partial charge in [-0.1, -0.05) is 12.1 Å². The summed E-state index contributed by atoms with van der Waals surface area (Å²) in [5.41, 5.74) is 1.83. The molecule has 0 aliphatic heterocycles. The smallest absolute Gasteiger partial charge is 0.263 e. The monoisotopic (exact) mass is 397 g/mol. The van der Waals surface area contributed by atoms with Gasteiger partial charge in [-0.2, -0.15) is 5.26 Å². The topological polar surface area (TPSA) is 83.4 Å². The first-order chi connectivity index (χ1) is 13.6. The van der Waals surface area contributed by atoms with Gasteiger partial charge in [-0.15, -0.1) is 11.8 Å². The van der Waals surface area contributed by atoms with Gasteiger partial charge in [-0.25, -0.2) is 0 Å². The third-order valence-electron chi connectivity index (χ3n) is 3.97. The van der Waals surface area contributed by atoms with E-state index in [4.69, 9.17) is 9.47 Å². The van der Waals surface area contributed by atoms with Crippen LogP contribution in [0.2, 0.25) is 0 Å². The Hall–Kier alpha value is -3.11. The van der Waals surface area contributed by atoms with Gasteiger partial charge in [-0.3, -0.25) is 4.79 Å². The molecular weight excluding hydrogens is 374 g/mol. The zero-order valence-corrected chi connectivity index (χ0v) is 16.9. The number of rotatable bonds is 9. The lowest BCUT2D eigenvalue weighted by atomic mass is 10.1. The highest BCUT2D eigenvalue weighted by atomic mass is 32.2. The summed E-state index contributed by atoms with van der Waals surface area (Å²) in [5, 5.41) is 15.0. The maximum absolute atomic E-state index is 12.2. The molecule has 2 rings (SSSR count). The van der Waals surface area contributed by atoms with Crippen LogP contribution in [0.3, 0.4) is 0 Å². The molecule has 28 heavy (non-hydrogen) atoms. The lowest BCUT2D eigenvalue weighted by molar-refractivity contribution is -0.117. The molecule has 2 aromatic rings. The van der Waals surface area contributed by atoms with Crippen LogP contribution >= 0.6 is 11.8 Å². The Balaban J connectivity index is 1.92. The quantitative estimate of drug-likeness (QED) is 0.382. The van der Waals surface area contributed by atoms with E-state index in [2.05, 4.69) is 10.6 Å². The molecule has 0 heterocycles. The van der Waals surface area contributed by atoms with Gasteiger partial charge < -0.3 is 20.1 Å². The zero-order chi connectivity index (χ0) is 20.4. The summed E-state index contributed by atoms with van der Waals surface area (Å²) in [5.74, 6) is 0.874. The number of carbonyl (C=O) groups is 1. The van der Waals surface area contributed by atoms with E-state index in [1.807, 2.05) is 54.8 Å². The van der Waals surface area contributed by atoms with Crippen molar-refractivity contribution in [2.45, 2.75) is 11.3 Å². The number of hydrogen-bond acceptors (Lipinski definition) is 6. The number of hydrogen-bond donors (Lipinski definition) is 2. The maximum atomic E-state index is 12.2. The summed E-state index contributed by atoms with van der Waals surface area (Å²) in [6.45, 7) is 0.398. The average molecular weight is 398 g/mol. The number of methoxy groups -OCH3 is 2. The van der Waals surface area contributed by atoms with Crippen LogP contribution < -0.4 is 20.1 Å². The summed E-state index contributed by atoms with van der Waals surface area (Å²) < 4.78 is 10.5. The van der Waals surface area contributed by atoms with Crippen LogP contribution in [-0.4, -0.2) is 32.9 Å². The lowest BCUT2D eigenvalue weighted by Crippen LogP contribution is -2.27. The molecule has 0 radical (unpaired) electrons. The van der Waals surface area contributed by atoms with E-state index in [1.165, 1.54) is 6.20 Å². The van der Waals surface area contributed by atoms with Crippen molar-refractivity contribution < 1.29 is 14.3 Å². The van der Waals surface area contributed by atoms with Crippen LogP contribution in [0.5, 0.6) is 11.5 Å². The maximum Gasteiger partial charge on any atom is 0.263 e. The first kappa shape index (κ1) is 21.2. The van der Waals surface area contributed by atoms with Crippen molar-refractivity contribution in [3.05, 3.63) is 59.8 Å². The zero-order valence-electron chi connectivity index (χ0n) is 16.1. The van der Waals surface area contributed by atoms with Crippen molar-refractivity contribution in [1.82, 2.24) is 5.32 Å². The lowest BCUT2D eigenvalue weighted by Gasteiger charge is -2.10. The number of nitrogens with zero attached hydrogens (tertiary/aromatic N) is 1. The third-order valence-corrected chi connectivity index (χ3v) is 4.69. The second-order valence-corrected chi connectivity index (χ2v) is 6.62. The Morgan fingerprint density at radius 2 is 1.96 bits per heavy atom. The van der Waals surface area contributed by atoms with Gasteiger partial charge in [0, 0.05) is 23.3 Å². The van der Waals surface area contributed by atoms with Gasteiger partial charge in [0.2, 0.25) is 0 Å². The van der Waals surface area contributed by atoms with Crippen LogP contribution in [0.1, 0.15) is 5.56 Å². The highest BCUT2D eigenvalue weighted by molar-refractivity contribution is 7.98. The van der Waals surface area contributed by atoms with Crippen LogP contribution in [0, 0.1) is 11.3 Å². The molecule has 146 valence electrons. The van der Waals surface area contributed by atoms with Crippen molar-refractivity contribution in [1.29, 1.82) is 5.26 Å². The van der Waals surface area contributed by atoms with E-state index >= 15 is 0 Å². The van der Waals surface area contributed by atoms with Gasteiger partial charge in [0.05, 0.1) is 14.2 Å². The molecule has 0 bridgehead atoms. The van der Waals surface area contributed by atoms with E-state index in [9.17, 15) is 10.1 Å². The second-order valence-electron chi connectivity index (χ2n) is 5.74. The Bertz CT molecular complexity index is 891. The van der Waals surface area contributed by atoms with Crippen LogP contribution in [0.15, 0.2) is 59.1 Å². The minimum absolute atomic E-state index is 0.0156. The third kappa shape index (κ3) is 5.96. The number of thioether (sulfide) groups is 1. The second kappa shape index (κ2) is 10.9. The molecule has 0 aliphatic carbocycles. The van der Waals surface area contributed by atoms with Crippen molar-refractivity contribution in [2.24, 2.45) is 0 Å². The average Bonchev–Trinajstić information content (AvgIpc) is 2.74. The Morgan fingerprint density at radius 1 is 1.18 bits per heavy atom. The molecule has 0 saturated carbocycles. The van der Waals surface area contributed by atoms with E-state index < -0.39 is 5.91 Å². The molecule has 0 aliphatic rings. The standard InChI is InChI=1S/C21H23N3O3S/c1-26-19-8-7-15(11-20(19)27-2)9-10-23-21(25)16(13-22)14-24-17-5-4-6-18(12-17)28-3/h4-8,11-12,14,24H,9-10H2,1-3H3,(H,23,25)/b16-14-. The summed E-state index contributed by atoms with van der Waals surface area (Å²) in [6, 6.07) is 15.3. The molecule has 1 amide bonds. The van der Waals surface area contributed by atoms with Gasteiger partial charge in [0.1, 0.15) is 11.6 Å². The van der Waals surface area contributed by atoms with Crippen molar-refractivity contribution in [3.63, 3.8) is 0 Å². The normalized spacial score (nSPS) is 10.7. The molecule has 0 aromatic heterocycles. The summed E-state index contributed by atoms with van der Waals surface area (Å²) >= 11 is 1.62. The van der Waals surface area contributed by atoms with Gasteiger partial charge in [-0.05, 0) is 48.6 Å². The van der Waals surface area contributed by atoms with Crippen LogP contribution in [-0.2, 0) is 11.2 Å². The largest absolute Gasteiger partial charge is 0.493 e. The Morgan fingerprint density at radius 3 is 2.64 bits per heavy atom. The summed E-state index contributed by atoms with van der Waals surface area (Å²) in [7, 11) is 3.16. The molecule has 0 spiro atoms. The molecular formula is C21H23N3O3S. The number of nitriles is 1. The first-order valence-electron chi connectivity index (χ1n) is 8.61. The number of carbonyl (C=O) groups excluding carboxylic acids is 1. The molecule has 0 unspecified atom stereocenters. The van der Waals surface area contributed by atoms with E-state index in [-0.39, 0.29) is 5.57 Å². The number of benzene rings is 2. The van der Waals surface area contributed by atoms with Crippen molar-refractivity contribution in [2.75, 3.05) is 32.3 Å². The minimum Gasteiger partial charge on any atom is -0.493 e. The fraction of sp³-hybridized carbons (Fsp3) is 0.238. The highest BCUT2D eigenvalue weighted by Gasteiger charge is 2.09. The molecule has 0 atom stereocenters. The van der Waals surface area contributed by atoms with Crippen molar-refractivity contribution >= 4 is 23.4 Å². The fourth-order valence-corrected chi connectivity index (χ4v) is 2.93. The first-order valence-corrected chi connectivity index (χ1v) is 9.83. The molecule has 0 fully saturated rings. The molecule has 2 aromatic carbocycles. The van der Waals surface area contributed by atoms with Gasteiger partial charge >= 0.3 is 0 Å². The van der Waals surface area contributed by atoms with E-state index in [1.54, 1.807) is 26.0 Å². The molecule has 2 N–H and O–H groups in total. The summed E-state index contributed by atoms with van der Waals surface area (Å²) in [4.78, 5) is 13.3. The predicted octanol–water partition coefficient (Wildman–Crippen LogP) is 3.60. The Labute approximate surface area is 169 Å². The van der Waals surface area contributed by atoms with E-state index in [0.717, 1.165) is 16.1 Å². The fourth-order valence-electron chi connectivity index (χ4n) is 2.47. The Kier molecular flexibility index (Phi) is 8.25. The van der Waals surface area contributed by atoms with E-state index in [0.29, 0.717) is 24.5 Å². The minimum atomic E-state index is -0.420. The van der Waals surface area contributed by atoms with Crippen LogP contribution in [0.25, 0.3) is 0 Å². The highest BCUT2D eigenvalue weighted by Crippen LogP contribution is 2.27. The molecule has 0 saturated heterocycles. The number of amides is 1. The van der Waals surface area contributed by atoms with Crippen molar-refractivity contribution in [3.8, 4) is 17.6 Å². The van der Waals surface area contributed by atoms with Crippen LogP contribution in [0.4, 0.5) is 5.69 Å². The predicted molar refractivity (Wildman–Crippen MR) is 112 cm³/mol. The molecule has 6 nitrogen and oxygen atoms in total. The van der Waals surface area contributed by atoms with Gasteiger partial charge in [0.15, 0.2) is 11.5 Å². The SMILES string of the molecule is COc1ccc(CCNC(=O)/C(C#N)=C\Nc2cccc(SC)c2)cc1OC.